The number of nitrogens with one attached hydrogen (secondary N) is 1. The van der Waals surface area contributed by atoms with Crippen LogP contribution >= 0.6 is 0 Å². The first-order valence-corrected chi connectivity index (χ1v) is 9.60. The van der Waals surface area contributed by atoms with Crippen molar-refractivity contribution in [2.24, 2.45) is 0 Å². The zero-order valence-electron chi connectivity index (χ0n) is 16.3. The van der Waals surface area contributed by atoms with E-state index in [1.807, 2.05) is 19.9 Å². The number of ether oxygens (including phenoxy) is 1. The number of aryl methyl sites for hydroxylation is 4. The highest BCUT2D eigenvalue weighted by molar-refractivity contribution is 5.81. The molecule has 1 N–H and O–H groups in total. The molecule has 0 unspecified atom stereocenters. The largest absolute Gasteiger partial charge is 0.481 e. The Hall–Kier alpha value is -2.29. The van der Waals surface area contributed by atoms with E-state index < -0.39 is 6.10 Å². The highest BCUT2D eigenvalue weighted by Crippen LogP contribution is 2.26. The minimum Gasteiger partial charge on any atom is -0.481 e. The van der Waals surface area contributed by atoms with Gasteiger partial charge in [0.1, 0.15) is 5.75 Å². The molecule has 0 saturated heterocycles. The topological polar surface area (TPSA) is 38.3 Å². The zero-order chi connectivity index (χ0) is 18.7. The fourth-order valence-electron chi connectivity index (χ4n) is 3.68. The lowest BCUT2D eigenvalue weighted by Gasteiger charge is -2.22. The van der Waals surface area contributed by atoms with Crippen LogP contribution in [-0.4, -0.2) is 12.0 Å². The van der Waals surface area contributed by atoms with Crippen molar-refractivity contribution in [1.82, 2.24) is 5.32 Å². The first kappa shape index (κ1) is 18.5. The van der Waals surface area contributed by atoms with Crippen molar-refractivity contribution < 1.29 is 9.53 Å². The molecule has 0 radical (unpaired) electrons. The minimum absolute atomic E-state index is 0.0445. The van der Waals surface area contributed by atoms with E-state index >= 15 is 0 Å². The normalized spacial score (nSPS) is 15.7. The maximum Gasteiger partial charge on any atom is 0.261 e. The van der Waals surface area contributed by atoms with E-state index in [1.54, 1.807) is 0 Å². The van der Waals surface area contributed by atoms with Gasteiger partial charge in [-0.25, -0.2) is 0 Å². The molecule has 0 spiro atoms. The SMILES string of the molecule is Cc1ccc(C)c([C@@H](C)NC(=O)[C@@H](C)Oc2ccc3c(c2)CCCC3)c1. The van der Waals surface area contributed by atoms with Gasteiger partial charge in [-0.2, -0.15) is 0 Å². The lowest BCUT2D eigenvalue weighted by Crippen LogP contribution is -2.38. The average Bonchev–Trinajstić information content (AvgIpc) is 2.63. The molecule has 0 aromatic heterocycles. The second-order valence-electron chi connectivity index (χ2n) is 7.49. The van der Waals surface area contributed by atoms with Crippen LogP contribution in [0.4, 0.5) is 0 Å². The van der Waals surface area contributed by atoms with Crippen molar-refractivity contribution in [3.63, 3.8) is 0 Å². The molecular formula is C23H29NO2. The van der Waals surface area contributed by atoms with Crippen molar-refractivity contribution in [1.29, 1.82) is 0 Å². The van der Waals surface area contributed by atoms with Gasteiger partial charge < -0.3 is 10.1 Å². The Morgan fingerprint density at radius 3 is 2.50 bits per heavy atom. The van der Waals surface area contributed by atoms with E-state index in [2.05, 4.69) is 49.5 Å². The fourth-order valence-corrected chi connectivity index (χ4v) is 3.68. The van der Waals surface area contributed by atoms with Crippen LogP contribution in [0.2, 0.25) is 0 Å². The molecule has 3 heteroatoms. The molecular weight excluding hydrogens is 322 g/mol. The molecule has 3 nitrogen and oxygen atoms in total. The van der Waals surface area contributed by atoms with Crippen LogP contribution in [0, 0.1) is 13.8 Å². The van der Waals surface area contributed by atoms with E-state index in [9.17, 15) is 4.79 Å². The first-order valence-electron chi connectivity index (χ1n) is 9.60. The smallest absolute Gasteiger partial charge is 0.261 e. The number of fused-ring (bicyclic) bond motifs is 1. The van der Waals surface area contributed by atoms with Crippen LogP contribution in [0.1, 0.15) is 60.5 Å². The minimum atomic E-state index is -0.524. The molecule has 0 heterocycles. The molecule has 26 heavy (non-hydrogen) atoms. The number of carbonyl (C=O) groups excluding carboxylic acids is 1. The van der Waals surface area contributed by atoms with Crippen molar-refractivity contribution in [2.45, 2.75) is 65.5 Å². The summed E-state index contributed by atoms with van der Waals surface area (Å²) in [6.07, 6.45) is 4.24. The first-order chi connectivity index (χ1) is 12.4. The summed E-state index contributed by atoms with van der Waals surface area (Å²) in [5.41, 5.74) is 6.32. The van der Waals surface area contributed by atoms with E-state index in [0.29, 0.717) is 0 Å². The molecule has 1 amide bonds. The Labute approximate surface area is 156 Å². The van der Waals surface area contributed by atoms with Gasteiger partial charge in [0, 0.05) is 0 Å². The molecule has 2 aromatic rings. The third-order valence-corrected chi connectivity index (χ3v) is 5.26. The Morgan fingerprint density at radius 2 is 1.73 bits per heavy atom. The number of hydrogen-bond donors (Lipinski definition) is 1. The summed E-state index contributed by atoms with van der Waals surface area (Å²) in [4.78, 5) is 12.6. The molecule has 2 atom stereocenters. The van der Waals surface area contributed by atoms with Gasteiger partial charge in [0.05, 0.1) is 6.04 Å². The summed E-state index contributed by atoms with van der Waals surface area (Å²) in [6.45, 7) is 7.97. The number of rotatable bonds is 5. The van der Waals surface area contributed by atoms with E-state index in [-0.39, 0.29) is 11.9 Å². The van der Waals surface area contributed by atoms with Gasteiger partial charge in [-0.15, -0.1) is 0 Å². The number of carbonyl (C=O) groups is 1. The summed E-state index contributed by atoms with van der Waals surface area (Å²) in [6, 6.07) is 12.5. The highest BCUT2D eigenvalue weighted by Gasteiger charge is 2.19. The Bertz CT molecular complexity index is 797. The van der Waals surface area contributed by atoms with Crippen LogP contribution in [0.3, 0.4) is 0 Å². The van der Waals surface area contributed by atoms with Crippen LogP contribution in [0.5, 0.6) is 5.75 Å². The molecule has 0 bridgehead atoms. The van der Waals surface area contributed by atoms with E-state index in [4.69, 9.17) is 4.74 Å². The van der Waals surface area contributed by atoms with Gasteiger partial charge in [0.25, 0.3) is 5.91 Å². The molecule has 138 valence electrons. The Kier molecular flexibility index (Phi) is 5.65. The molecule has 1 aliphatic rings. The highest BCUT2D eigenvalue weighted by atomic mass is 16.5. The van der Waals surface area contributed by atoms with Gasteiger partial charge in [-0.1, -0.05) is 29.8 Å². The number of hydrogen-bond acceptors (Lipinski definition) is 2. The molecule has 3 rings (SSSR count). The van der Waals surface area contributed by atoms with Crippen molar-refractivity contribution in [3.05, 3.63) is 64.2 Å². The summed E-state index contributed by atoms with van der Waals surface area (Å²) in [5.74, 6) is 0.698. The fraction of sp³-hybridized carbons (Fsp3) is 0.435. The second kappa shape index (κ2) is 7.94. The summed E-state index contributed by atoms with van der Waals surface area (Å²) in [7, 11) is 0. The van der Waals surface area contributed by atoms with E-state index in [0.717, 1.165) is 24.2 Å². The van der Waals surface area contributed by atoms with Crippen molar-refractivity contribution in [2.75, 3.05) is 0 Å². The van der Waals surface area contributed by atoms with Gasteiger partial charge in [0.2, 0.25) is 0 Å². The summed E-state index contributed by atoms with van der Waals surface area (Å²) >= 11 is 0. The maximum absolute atomic E-state index is 12.6. The van der Waals surface area contributed by atoms with Gasteiger partial charge in [0.15, 0.2) is 6.10 Å². The lowest BCUT2D eigenvalue weighted by molar-refractivity contribution is -0.127. The van der Waals surface area contributed by atoms with Crippen molar-refractivity contribution >= 4 is 5.91 Å². The molecule has 0 saturated carbocycles. The Balaban J connectivity index is 1.63. The second-order valence-corrected chi connectivity index (χ2v) is 7.49. The quantitative estimate of drug-likeness (QED) is 0.838. The predicted molar refractivity (Wildman–Crippen MR) is 106 cm³/mol. The zero-order valence-corrected chi connectivity index (χ0v) is 16.3. The summed E-state index contributed by atoms with van der Waals surface area (Å²) < 4.78 is 5.92. The van der Waals surface area contributed by atoms with E-state index in [1.165, 1.54) is 35.1 Å². The third-order valence-electron chi connectivity index (χ3n) is 5.26. The lowest BCUT2D eigenvalue weighted by atomic mass is 9.92. The van der Waals surface area contributed by atoms with Crippen LogP contribution < -0.4 is 10.1 Å². The molecule has 2 aromatic carbocycles. The standard InChI is InChI=1S/C23H29NO2/c1-15-9-10-16(2)22(13-15)17(3)24-23(25)18(4)26-21-12-11-19-7-5-6-8-20(19)14-21/h9-14,17-18H,5-8H2,1-4H3,(H,24,25)/t17-,18-/m1/s1. The summed E-state index contributed by atoms with van der Waals surface area (Å²) in [5, 5.41) is 3.08. The van der Waals surface area contributed by atoms with Crippen molar-refractivity contribution in [3.8, 4) is 5.75 Å². The van der Waals surface area contributed by atoms with Crippen LogP contribution in [0.15, 0.2) is 36.4 Å². The van der Waals surface area contributed by atoms with Gasteiger partial charge in [-0.05, 0) is 87.8 Å². The Morgan fingerprint density at radius 1 is 1.00 bits per heavy atom. The number of amides is 1. The van der Waals surface area contributed by atoms with Gasteiger partial charge in [-0.3, -0.25) is 4.79 Å². The number of benzene rings is 2. The van der Waals surface area contributed by atoms with Crippen LogP contribution in [-0.2, 0) is 17.6 Å². The molecule has 1 aliphatic carbocycles. The van der Waals surface area contributed by atoms with Gasteiger partial charge >= 0.3 is 0 Å². The predicted octanol–water partition coefficient (Wildman–Crippen LogP) is 4.83. The monoisotopic (exact) mass is 351 g/mol. The maximum atomic E-state index is 12.6. The molecule has 0 aliphatic heterocycles. The molecule has 0 fully saturated rings. The average molecular weight is 351 g/mol. The van der Waals surface area contributed by atoms with Crippen LogP contribution in [0.25, 0.3) is 0 Å². The third kappa shape index (κ3) is 4.27.